The molecule has 0 aromatic carbocycles. The lowest BCUT2D eigenvalue weighted by Crippen LogP contribution is -2.21. The quantitative estimate of drug-likeness (QED) is 0.876. The molecule has 4 nitrogen and oxygen atoms in total. The highest BCUT2D eigenvalue weighted by molar-refractivity contribution is 8.10. The van der Waals surface area contributed by atoms with Crippen molar-refractivity contribution in [2.24, 2.45) is 0 Å². The minimum absolute atomic E-state index is 0.0883. The Hall–Kier alpha value is -1.40. The van der Waals surface area contributed by atoms with Gasteiger partial charge < -0.3 is 9.88 Å². The van der Waals surface area contributed by atoms with Crippen LogP contribution in [0.4, 0.5) is 5.82 Å². The first-order chi connectivity index (χ1) is 10.2. The molecule has 2 aromatic rings. The third-order valence-corrected chi connectivity index (χ3v) is 6.49. The molecule has 0 saturated heterocycles. The highest BCUT2D eigenvalue weighted by Gasteiger charge is 2.26. The van der Waals surface area contributed by atoms with Crippen molar-refractivity contribution in [3.05, 3.63) is 43.9 Å². The molecule has 0 atom stereocenters. The van der Waals surface area contributed by atoms with Crippen LogP contribution < -0.4 is 10.5 Å². The normalized spacial score (nSPS) is 18.4. The van der Waals surface area contributed by atoms with Gasteiger partial charge in [-0.3, -0.25) is 4.79 Å². The molecule has 4 rings (SSSR count). The summed E-state index contributed by atoms with van der Waals surface area (Å²) in [4.78, 5) is 24.4. The van der Waals surface area contributed by atoms with Crippen LogP contribution in [0.3, 0.4) is 0 Å². The predicted molar refractivity (Wildman–Crippen MR) is 91.3 cm³/mol. The average Bonchev–Trinajstić information content (AvgIpc) is 2.90. The third kappa shape index (κ3) is 2.36. The van der Waals surface area contributed by atoms with E-state index in [1.807, 2.05) is 30.4 Å². The second-order valence-corrected chi connectivity index (χ2v) is 7.66. The molecule has 108 valence electrons. The van der Waals surface area contributed by atoms with Gasteiger partial charge in [-0.2, -0.15) is 0 Å². The summed E-state index contributed by atoms with van der Waals surface area (Å²) in [7, 11) is 0. The molecule has 2 aliphatic heterocycles. The lowest BCUT2D eigenvalue weighted by molar-refractivity contribution is 0.966. The first kappa shape index (κ1) is 13.3. The van der Waals surface area contributed by atoms with Crippen molar-refractivity contribution in [1.82, 2.24) is 9.97 Å². The molecule has 0 spiro atoms. The van der Waals surface area contributed by atoms with E-state index in [9.17, 15) is 4.79 Å². The van der Waals surface area contributed by atoms with Gasteiger partial charge in [0.05, 0.1) is 13.1 Å². The van der Waals surface area contributed by atoms with Gasteiger partial charge in [-0.25, -0.2) is 4.98 Å². The summed E-state index contributed by atoms with van der Waals surface area (Å²) < 4.78 is 0. The number of aromatic amines is 1. The van der Waals surface area contributed by atoms with E-state index in [0.717, 1.165) is 29.9 Å². The highest BCUT2D eigenvalue weighted by atomic mass is 32.2. The number of hydrogen-bond acceptors (Lipinski definition) is 5. The number of aryl methyl sites for hydroxylation is 1. The molecule has 0 fully saturated rings. The molecule has 2 aliphatic rings. The number of nitrogens with one attached hydrogen (secondary N) is 1. The van der Waals surface area contributed by atoms with Crippen LogP contribution in [0.15, 0.2) is 32.8 Å². The van der Waals surface area contributed by atoms with Gasteiger partial charge in [-0.05, 0) is 24.6 Å². The fraction of sp³-hybridized carbons (Fsp3) is 0.333. The Morgan fingerprint density at radius 1 is 1.19 bits per heavy atom. The number of fused-ring (bicyclic) bond motifs is 1. The lowest BCUT2D eigenvalue weighted by Gasteiger charge is -2.17. The molecular weight excluding hydrogens is 302 g/mol. The Balaban J connectivity index is 1.70. The molecular formula is C15H15N3OS2. The second-order valence-electron chi connectivity index (χ2n) is 5.28. The molecule has 0 aliphatic carbocycles. The molecule has 0 amide bonds. The topological polar surface area (TPSA) is 49.0 Å². The van der Waals surface area contributed by atoms with Crippen molar-refractivity contribution in [2.45, 2.75) is 6.92 Å². The largest absolute Gasteiger partial charge is 0.347 e. The van der Waals surface area contributed by atoms with Crippen LogP contribution in [-0.4, -0.2) is 34.6 Å². The van der Waals surface area contributed by atoms with Crippen molar-refractivity contribution in [2.75, 3.05) is 29.5 Å². The summed E-state index contributed by atoms with van der Waals surface area (Å²) in [6.45, 7) is 3.84. The fourth-order valence-electron chi connectivity index (χ4n) is 2.79. The zero-order valence-electron chi connectivity index (χ0n) is 11.7. The molecule has 2 aromatic heterocycles. The van der Waals surface area contributed by atoms with Gasteiger partial charge in [0.1, 0.15) is 11.5 Å². The molecule has 4 heterocycles. The lowest BCUT2D eigenvalue weighted by atomic mass is 10.2. The van der Waals surface area contributed by atoms with Crippen LogP contribution in [-0.2, 0) is 0 Å². The molecule has 0 saturated carbocycles. The fourth-order valence-corrected chi connectivity index (χ4v) is 5.25. The van der Waals surface area contributed by atoms with Gasteiger partial charge in [0.15, 0.2) is 0 Å². The number of hydrogen-bond donors (Lipinski definition) is 1. The van der Waals surface area contributed by atoms with E-state index in [1.54, 1.807) is 6.07 Å². The zero-order valence-corrected chi connectivity index (χ0v) is 13.3. The van der Waals surface area contributed by atoms with E-state index in [2.05, 4.69) is 27.0 Å². The number of H-pyrrole nitrogens is 1. The van der Waals surface area contributed by atoms with E-state index in [4.69, 9.17) is 0 Å². The minimum atomic E-state index is -0.0883. The number of nitrogens with zero attached hydrogens (tertiary/aromatic N) is 2. The second kappa shape index (κ2) is 5.10. The van der Waals surface area contributed by atoms with Gasteiger partial charge in [-0.1, -0.05) is 0 Å². The highest BCUT2D eigenvalue weighted by Crippen LogP contribution is 2.40. The van der Waals surface area contributed by atoms with Gasteiger partial charge in [0.2, 0.25) is 5.56 Å². The smallest absolute Gasteiger partial charge is 0.249 e. The Morgan fingerprint density at radius 3 is 2.62 bits per heavy atom. The minimum Gasteiger partial charge on any atom is -0.347 e. The number of anilines is 1. The van der Waals surface area contributed by atoms with Crippen molar-refractivity contribution in [1.29, 1.82) is 0 Å². The molecule has 21 heavy (non-hydrogen) atoms. The SMILES string of the molecule is Cc1cc(=O)[nH]c2nc(N3CC4=C(C3)SCCS4)ccc12. The van der Waals surface area contributed by atoms with Crippen LogP contribution in [0.1, 0.15) is 5.56 Å². The van der Waals surface area contributed by atoms with E-state index in [1.165, 1.54) is 21.3 Å². The van der Waals surface area contributed by atoms with Crippen LogP contribution in [0.5, 0.6) is 0 Å². The van der Waals surface area contributed by atoms with E-state index in [-0.39, 0.29) is 5.56 Å². The van der Waals surface area contributed by atoms with E-state index < -0.39 is 0 Å². The van der Waals surface area contributed by atoms with Crippen molar-refractivity contribution in [3.63, 3.8) is 0 Å². The monoisotopic (exact) mass is 317 g/mol. The number of pyridine rings is 2. The maximum Gasteiger partial charge on any atom is 0.249 e. The van der Waals surface area contributed by atoms with Crippen LogP contribution in [0, 0.1) is 6.92 Å². The van der Waals surface area contributed by atoms with Gasteiger partial charge >= 0.3 is 0 Å². The Kier molecular flexibility index (Phi) is 3.23. The van der Waals surface area contributed by atoms with Gasteiger partial charge in [-0.15, -0.1) is 23.5 Å². The average molecular weight is 317 g/mol. The standard InChI is InChI=1S/C15H15N3OS2/c1-9-6-14(19)17-15-10(9)2-3-13(16-15)18-7-11-12(8-18)21-5-4-20-11/h2-3,6H,4-5,7-8H2,1H3,(H,16,17,19). The van der Waals surface area contributed by atoms with Crippen LogP contribution >= 0.6 is 23.5 Å². The summed E-state index contributed by atoms with van der Waals surface area (Å²) in [6.07, 6.45) is 0. The predicted octanol–water partition coefficient (Wildman–Crippen LogP) is 2.74. The maximum absolute atomic E-state index is 11.6. The van der Waals surface area contributed by atoms with E-state index >= 15 is 0 Å². The summed E-state index contributed by atoms with van der Waals surface area (Å²) in [5.41, 5.74) is 1.56. The Labute approximate surface area is 131 Å². The van der Waals surface area contributed by atoms with Crippen LogP contribution in [0.25, 0.3) is 11.0 Å². The summed E-state index contributed by atoms with van der Waals surface area (Å²) in [6, 6.07) is 5.73. The molecule has 0 radical (unpaired) electrons. The first-order valence-electron chi connectivity index (χ1n) is 6.94. The Bertz CT molecular complexity index is 794. The van der Waals surface area contributed by atoms with Crippen molar-refractivity contribution < 1.29 is 0 Å². The number of aromatic nitrogens is 2. The van der Waals surface area contributed by atoms with Crippen molar-refractivity contribution in [3.8, 4) is 0 Å². The number of thioether (sulfide) groups is 2. The zero-order chi connectivity index (χ0) is 14.4. The van der Waals surface area contributed by atoms with Crippen molar-refractivity contribution >= 4 is 40.4 Å². The van der Waals surface area contributed by atoms with Gasteiger partial charge in [0.25, 0.3) is 0 Å². The van der Waals surface area contributed by atoms with Gasteiger partial charge in [0, 0.05) is 32.8 Å². The number of rotatable bonds is 1. The summed E-state index contributed by atoms with van der Waals surface area (Å²) >= 11 is 3.94. The Morgan fingerprint density at radius 2 is 1.90 bits per heavy atom. The summed E-state index contributed by atoms with van der Waals surface area (Å²) in [5.74, 6) is 3.35. The third-order valence-electron chi connectivity index (χ3n) is 3.83. The van der Waals surface area contributed by atoms with Crippen LogP contribution in [0.2, 0.25) is 0 Å². The molecule has 1 N–H and O–H groups in total. The van der Waals surface area contributed by atoms with E-state index in [0.29, 0.717) is 5.65 Å². The molecule has 0 bridgehead atoms. The summed E-state index contributed by atoms with van der Waals surface area (Å²) in [5, 5.41) is 1.01. The maximum atomic E-state index is 11.6. The molecule has 0 unspecified atom stereocenters. The molecule has 6 heteroatoms. The first-order valence-corrected chi connectivity index (χ1v) is 8.91.